The van der Waals surface area contributed by atoms with Crippen molar-refractivity contribution in [3.05, 3.63) is 59.7 Å². The Morgan fingerprint density at radius 2 is 1.48 bits per heavy atom. The lowest BCUT2D eigenvalue weighted by atomic mass is 9.94. The molecule has 0 bridgehead atoms. The van der Waals surface area contributed by atoms with Gasteiger partial charge in [-0.05, 0) is 70.0 Å². The van der Waals surface area contributed by atoms with E-state index in [1.165, 1.54) is 11.4 Å². The summed E-state index contributed by atoms with van der Waals surface area (Å²) in [6.07, 6.45) is 1.33. The number of anilines is 1. The zero-order valence-electron chi connectivity index (χ0n) is 19.8. The van der Waals surface area contributed by atoms with Gasteiger partial charge in [-0.2, -0.15) is 0 Å². The molecule has 2 amide bonds. The van der Waals surface area contributed by atoms with E-state index in [2.05, 4.69) is 0 Å². The third kappa shape index (κ3) is 5.38. The van der Waals surface area contributed by atoms with Crippen LogP contribution in [-0.4, -0.2) is 63.3 Å². The Bertz CT molecular complexity index is 1070. The number of benzene rings is 2. The van der Waals surface area contributed by atoms with Crippen LogP contribution in [-0.2, 0) is 14.8 Å². The van der Waals surface area contributed by atoms with Crippen LogP contribution in [0.1, 0.15) is 42.6 Å². The molecule has 1 aliphatic rings. The minimum absolute atomic E-state index is 0.0306. The van der Waals surface area contributed by atoms with Gasteiger partial charge in [0.25, 0.3) is 15.9 Å². The van der Waals surface area contributed by atoms with Crippen molar-refractivity contribution < 1.29 is 18.0 Å². The Balaban J connectivity index is 1.65. The van der Waals surface area contributed by atoms with Crippen LogP contribution in [0, 0.1) is 12.8 Å². The van der Waals surface area contributed by atoms with Crippen molar-refractivity contribution >= 4 is 27.5 Å². The first-order chi connectivity index (χ1) is 15.7. The summed E-state index contributed by atoms with van der Waals surface area (Å²) in [5, 5.41) is 0. The molecule has 3 rings (SSSR count). The molecule has 0 spiro atoms. The SMILES string of the molecule is CCN(CC)C(=O)C1CCN(C(=O)c2ccc(N(C)S(=O)(=O)c3ccc(C)cc3)cc2)CC1. The van der Waals surface area contributed by atoms with Gasteiger partial charge in [0.15, 0.2) is 0 Å². The van der Waals surface area contributed by atoms with Gasteiger partial charge in [-0.1, -0.05) is 17.7 Å². The molecule has 0 unspecified atom stereocenters. The van der Waals surface area contributed by atoms with E-state index in [4.69, 9.17) is 0 Å². The van der Waals surface area contributed by atoms with Gasteiger partial charge >= 0.3 is 0 Å². The fourth-order valence-corrected chi connectivity index (χ4v) is 5.32. The summed E-state index contributed by atoms with van der Waals surface area (Å²) in [5.41, 5.74) is 1.98. The molecule has 1 heterocycles. The molecular weight excluding hydrogens is 438 g/mol. The average Bonchev–Trinajstić information content (AvgIpc) is 2.84. The summed E-state index contributed by atoms with van der Waals surface area (Å²) < 4.78 is 27.0. The molecule has 0 aliphatic carbocycles. The molecule has 2 aromatic rings. The van der Waals surface area contributed by atoms with Crippen LogP contribution in [0.3, 0.4) is 0 Å². The number of piperidine rings is 1. The Hall–Kier alpha value is -2.87. The monoisotopic (exact) mass is 471 g/mol. The van der Waals surface area contributed by atoms with Gasteiger partial charge in [0.05, 0.1) is 10.6 Å². The minimum Gasteiger partial charge on any atom is -0.343 e. The normalized spacial score (nSPS) is 14.7. The number of hydrogen-bond acceptors (Lipinski definition) is 4. The lowest BCUT2D eigenvalue weighted by Crippen LogP contribution is -2.44. The van der Waals surface area contributed by atoms with Crippen molar-refractivity contribution in [2.45, 2.75) is 38.5 Å². The smallest absolute Gasteiger partial charge is 0.264 e. The fourth-order valence-electron chi connectivity index (χ4n) is 4.13. The number of likely N-dealkylation sites (tertiary alicyclic amines) is 1. The highest BCUT2D eigenvalue weighted by molar-refractivity contribution is 7.92. The van der Waals surface area contributed by atoms with E-state index in [0.29, 0.717) is 50.3 Å². The number of hydrogen-bond donors (Lipinski definition) is 0. The predicted molar refractivity (Wildman–Crippen MR) is 130 cm³/mol. The topological polar surface area (TPSA) is 78.0 Å². The van der Waals surface area contributed by atoms with E-state index in [1.807, 2.05) is 25.7 Å². The summed E-state index contributed by atoms with van der Waals surface area (Å²) >= 11 is 0. The van der Waals surface area contributed by atoms with Gasteiger partial charge < -0.3 is 9.80 Å². The maximum atomic E-state index is 13.0. The van der Waals surface area contributed by atoms with Crippen molar-refractivity contribution in [1.29, 1.82) is 0 Å². The van der Waals surface area contributed by atoms with Crippen molar-refractivity contribution in [3.8, 4) is 0 Å². The number of rotatable bonds is 7. The maximum absolute atomic E-state index is 13.0. The molecule has 8 heteroatoms. The Morgan fingerprint density at radius 3 is 2.00 bits per heavy atom. The minimum atomic E-state index is -3.69. The molecule has 0 saturated carbocycles. The zero-order chi connectivity index (χ0) is 24.2. The Kier molecular flexibility index (Phi) is 7.79. The van der Waals surface area contributed by atoms with Crippen molar-refractivity contribution in [1.82, 2.24) is 9.80 Å². The Labute approximate surface area is 197 Å². The van der Waals surface area contributed by atoms with Crippen LogP contribution in [0.15, 0.2) is 53.4 Å². The number of amides is 2. The van der Waals surface area contributed by atoms with E-state index < -0.39 is 10.0 Å². The molecule has 7 nitrogen and oxygen atoms in total. The highest BCUT2D eigenvalue weighted by Gasteiger charge is 2.30. The molecule has 0 aromatic heterocycles. The molecular formula is C25H33N3O4S. The van der Waals surface area contributed by atoms with E-state index in [-0.39, 0.29) is 22.6 Å². The van der Waals surface area contributed by atoms with Crippen molar-refractivity contribution in [2.75, 3.05) is 37.5 Å². The fraction of sp³-hybridized carbons (Fsp3) is 0.440. The molecule has 0 N–H and O–H groups in total. The summed E-state index contributed by atoms with van der Waals surface area (Å²) in [7, 11) is -2.18. The number of nitrogens with zero attached hydrogens (tertiary/aromatic N) is 3. The predicted octanol–water partition coefficient (Wildman–Crippen LogP) is 3.54. The van der Waals surface area contributed by atoms with Crippen LogP contribution in [0.4, 0.5) is 5.69 Å². The van der Waals surface area contributed by atoms with Crippen LogP contribution in [0.5, 0.6) is 0 Å². The van der Waals surface area contributed by atoms with Crippen molar-refractivity contribution in [3.63, 3.8) is 0 Å². The molecule has 33 heavy (non-hydrogen) atoms. The number of sulfonamides is 1. The summed E-state index contributed by atoms with van der Waals surface area (Å²) in [6.45, 7) is 8.35. The average molecular weight is 472 g/mol. The first kappa shape index (κ1) is 24.8. The summed E-state index contributed by atoms with van der Waals surface area (Å²) in [4.78, 5) is 29.4. The molecule has 2 aromatic carbocycles. The molecule has 178 valence electrons. The van der Waals surface area contributed by atoms with E-state index in [1.54, 1.807) is 53.4 Å². The molecule has 0 radical (unpaired) electrons. The van der Waals surface area contributed by atoms with Crippen LogP contribution in [0.25, 0.3) is 0 Å². The third-order valence-corrected chi connectivity index (χ3v) is 8.16. The van der Waals surface area contributed by atoms with Crippen LogP contribution < -0.4 is 4.31 Å². The van der Waals surface area contributed by atoms with E-state index in [0.717, 1.165) is 5.56 Å². The standard InChI is InChI=1S/C25H33N3O4S/c1-5-27(6-2)24(29)21-15-17-28(18-16-21)25(30)20-9-11-22(12-10-20)26(4)33(31,32)23-13-7-19(3)8-14-23/h7-14,21H,5-6,15-18H2,1-4H3. The highest BCUT2D eigenvalue weighted by Crippen LogP contribution is 2.25. The second-order valence-electron chi connectivity index (χ2n) is 8.41. The second kappa shape index (κ2) is 10.4. The van der Waals surface area contributed by atoms with Gasteiger partial charge in [-0.25, -0.2) is 8.42 Å². The lowest BCUT2D eigenvalue weighted by Gasteiger charge is -2.33. The number of aryl methyl sites for hydroxylation is 1. The Morgan fingerprint density at radius 1 is 0.939 bits per heavy atom. The lowest BCUT2D eigenvalue weighted by molar-refractivity contribution is -0.136. The van der Waals surface area contributed by atoms with Gasteiger partial charge in [-0.15, -0.1) is 0 Å². The summed E-state index contributed by atoms with van der Waals surface area (Å²) in [6, 6.07) is 13.3. The zero-order valence-corrected chi connectivity index (χ0v) is 20.6. The molecule has 1 aliphatic heterocycles. The number of carbonyl (C=O) groups is 2. The molecule has 0 atom stereocenters. The first-order valence-corrected chi connectivity index (χ1v) is 12.9. The van der Waals surface area contributed by atoms with Crippen LogP contribution >= 0.6 is 0 Å². The van der Waals surface area contributed by atoms with E-state index in [9.17, 15) is 18.0 Å². The molecule has 1 saturated heterocycles. The quantitative estimate of drug-likeness (QED) is 0.619. The van der Waals surface area contributed by atoms with Crippen LogP contribution in [0.2, 0.25) is 0 Å². The third-order valence-electron chi connectivity index (χ3n) is 6.36. The largest absolute Gasteiger partial charge is 0.343 e. The second-order valence-corrected chi connectivity index (χ2v) is 10.4. The highest BCUT2D eigenvalue weighted by atomic mass is 32.2. The van der Waals surface area contributed by atoms with Gasteiger partial charge in [0.1, 0.15) is 0 Å². The number of carbonyl (C=O) groups excluding carboxylic acids is 2. The molecule has 1 fully saturated rings. The summed E-state index contributed by atoms with van der Waals surface area (Å²) in [5.74, 6) is 0.0468. The maximum Gasteiger partial charge on any atom is 0.264 e. The van der Waals surface area contributed by atoms with Gasteiger partial charge in [0, 0.05) is 44.7 Å². The van der Waals surface area contributed by atoms with Gasteiger partial charge in [-0.3, -0.25) is 13.9 Å². The first-order valence-electron chi connectivity index (χ1n) is 11.4. The van der Waals surface area contributed by atoms with Gasteiger partial charge in [0.2, 0.25) is 5.91 Å². The van der Waals surface area contributed by atoms with E-state index >= 15 is 0 Å². The van der Waals surface area contributed by atoms with Crippen molar-refractivity contribution in [2.24, 2.45) is 5.92 Å².